The Balaban J connectivity index is 0.000000160. The average Bonchev–Trinajstić information content (AvgIpc) is 1.60. The van der Waals surface area contributed by atoms with Gasteiger partial charge in [0.05, 0.1) is 68.2 Å². The van der Waals surface area contributed by atoms with E-state index in [-0.39, 0.29) is 98.3 Å². The fraction of sp³-hybridized carbons (Fsp3) is 0.217. The number of imidazole rings is 4. The first-order valence-electron chi connectivity index (χ1n) is 36.9. The topological polar surface area (TPSA) is 381 Å². The van der Waals surface area contributed by atoms with Gasteiger partial charge in [-0.3, -0.25) is 9.69 Å². The number of alkyl halides is 6. The molecule has 39 heteroatoms. The van der Waals surface area contributed by atoms with Crippen molar-refractivity contribution in [2.45, 2.75) is 111 Å². The largest absolute Gasteiger partial charge is 0.434 e. The molecule has 8 aromatic carbocycles. The van der Waals surface area contributed by atoms with Gasteiger partial charge in [0.15, 0.2) is 11.4 Å². The number of fused-ring (bicyclic) bond motifs is 1. The van der Waals surface area contributed by atoms with E-state index in [9.17, 15) is 78.0 Å². The van der Waals surface area contributed by atoms with Gasteiger partial charge >= 0.3 is 12.4 Å². The van der Waals surface area contributed by atoms with E-state index >= 15 is 0 Å². The van der Waals surface area contributed by atoms with Crippen molar-refractivity contribution in [2.75, 3.05) is 26.7 Å². The van der Waals surface area contributed by atoms with Crippen molar-refractivity contribution in [1.29, 1.82) is 5.26 Å². The van der Waals surface area contributed by atoms with Gasteiger partial charge in [0.1, 0.15) is 52.0 Å². The fourth-order valence-corrected chi connectivity index (χ4v) is 15.2. The van der Waals surface area contributed by atoms with Crippen LogP contribution in [0, 0.1) is 42.6 Å². The van der Waals surface area contributed by atoms with Crippen LogP contribution in [0.5, 0.6) is 0 Å². The van der Waals surface area contributed by atoms with Gasteiger partial charge in [-0.25, -0.2) is 92.3 Å². The highest BCUT2D eigenvalue weighted by atomic mass is 32.2. The Hall–Kier alpha value is -12.1. The molecular weight excluding hydrogens is 1680 g/mol. The van der Waals surface area contributed by atoms with Crippen molar-refractivity contribution in [3.63, 3.8) is 0 Å². The Morgan fingerprint density at radius 2 is 0.959 bits per heavy atom. The highest BCUT2D eigenvalue weighted by Crippen LogP contribution is 2.36. The SMILES string of the molecule is CC1CN(Cc2cn(Cc3ccccc3F)c(-c3ccc(S(N)(=O)=O)cc3)n2)CC(C)O1.CN(CCC#N)C(=O)c1cc2c(cn1)nc(-c1ccc(S(N)(=O)=O)cc1)n2Cc1ccc(F)cc1.Cc1cc(Cn2cc(C(F)(F)F)nc2-c2ccc(S(N)(=O)=O)cc2)ccc1F.Cc1cccc(Cn2cc(C(F)(F)F)nc2-c2ccc(S(N)(=O)=O)cc2)c1. The standard InChI is InChI=1S/C24H21FN6O3S.C23H27FN4O3S.C18H15F4N3O2S.C18H16F3N3O2S/c1-30(12-2-11-26)24(32)20-13-22-21(14-28-20)29-23(17-5-9-19(10-6-17)35(27,33)34)31(22)15-16-3-7-18(25)8-4-16;1-16-11-27(12-17(2)31-16)14-20-15-28(13-19-5-3-4-6-22(19)24)23(26-20)18-7-9-21(10-8-18)32(25,29)30;1-11-8-12(2-7-15(11)19)9-25-10-16(18(20,21)22)24-17(25)13-3-5-14(6-4-13)28(23,26)27;1-12-3-2-4-13(9-12)10-24-11-16(18(19,20)21)23-17(24)14-5-7-15(8-6-14)27(22,25)26/h3-10,13-14H,2,12,15H2,1H3,(H2,27,33,34);3-10,15-17H,11-14H2,1-2H3,(H2,25,29,30);2-8,10H,9H2,1H3,(H2,23,26,27);2-9,11H,10H2,1H3,(H2,22,25,26). The lowest BCUT2D eigenvalue weighted by Crippen LogP contribution is -2.44. The number of benzene rings is 8. The molecule has 0 spiro atoms. The summed E-state index contributed by atoms with van der Waals surface area (Å²) in [5.74, 6) is -0.164. The first-order valence-corrected chi connectivity index (χ1v) is 43.1. The number of primary sulfonamides is 4. The number of hydrogen-bond donors (Lipinski definition) is 4. The molecule has 1 aliphatic heterocycles. The molecule has 0 bridgehead atoms. The Morgan fingerprint density at radius 1 is 0.508 bits per heavy atom. The zero-order valence-electron chi connectivity index (χ0n) is 65.6. The van der Waals surface area contributed by atoms with E-state index < -0.39 is 69.7 Å². The third-order valence-corrected chi connectivity index (χ3v) is 22.6. The molecular formula is C83H79F9N16O10S4. The van der Waals surface area contributed by atoms with Crippen LogP contribution in [0.4, 0.5) is 39.5 Å². The van der Waals surface area contributed by atoms with Crippen LogP contribution in [-0.2, 0) is 89.9 Å². The van der Waals surface area contributed by atoms with Gasteiger partial charge in [0.25, 0.3) is 5.91 Å². The molecule has 6 heterocycles. The number of nitriles is 1. The fourth-order valence-electron chi connectivity index (χ4n) is 13.2. The van der Waals surface area contributed by atoms with Gasteiger partial charge in [0, 0.05) is 99.3 Å². The van der Waals surface area contributed by atoms with Crippen LogP contribution in [0.1, 0.15) is 81.2 Å². The smallest absolute Gasteiger partial charge is 0.373 e. The minimum absolute atomic E-state index is 0.00438. The Morgan fingerprint density at radius 3 is 1.41 bits per heavy atom. The first kappa shape index (κ1) is 90.7. The molecule has 638 valence electrons. The number of halogens is 9. The number of morpholine rings is 1. The molecule has 5 aromatic heterocycles. The predicted octanol–water partition coefficient (Wildman–Crippen LogP) is 13.2. The monoisotopic (exact) mass is 1760 g/mol. The predicted molar refractivity (Wildman–Crippen MR) is 435 cm³/mol. The molecule has 26 nitrogen and oxygen atoms in total. The molecule has 1 aliphatic rings. The van der Waals surface area contributed by atoms with Gasteiger partial charge in [-0.05, 0) is 177 Å². The number of aryl methyl sites for hydroxylation is 2. The maximum atomic E-state index is 14.3. The summed E-state index contributed by atoms with van der Waals surface area (Å²) in [6.45, 7) is 10.9. The van der Waals surface area contributed by atoms with Gasteiger partial charge in [0.2, 0.25) is 40.1 Å². The van der Waals surface area contributed by atoms with Crippen molar-refractivity contribution in [3.05, 3.63) is 293 Å². The second-order valence-electron chi connectivity index (χ2n) is 28.6. The van der Waals surface area contributed by atoms with E-state index in [0.717, 1.165) is 53.4 Å². The van der Waals surface area contributed by atoms with Gasteiger partial charge < -0.3 is 27.9 Å². The third kappa shape index (κ3) is 23.5. The second kappa shape index (κ2) is 37.5. The summed E-state index contributed by atoms with van der Waals surface area (Å²) in [5.41, 5.74) is 6.18. The van der Waals surface area contributed by atoms with Crippen LogP contribution in [0.15, 0.2) is 238 Å². The minimum atomic E-state index is -4.65. The zero-order chi connectivity index (χ0) is 88.6. The summed E-state index contributed by atoms with van der Waals surface area (Å²) in [7, 11) is -13.9. The molecule has 0 aliphatic carbocycles. The number of nitrogens with two attached hydrogens (primary N) is 4. The normalized spacial score (nSPS) is 14.0. The zero-order valence-corrected chi connectivity index (χ0v) is 68.9. The number of aromatic nitrogens is 9. The van der Waals surface area contributed by atoms with E-state index in [4.69, 9.17) is 35.5 Å². The van der Waals surface area contributed by atoms with E-state index in [1.807, 2.05) is 52.6 Å². The maximum Gasteiger partial charge on any atom is 0.434 e. The van der Waals surface area contributed by atoms with Gasteiger partial charge in [-0.1, -0.05) is 72.3 Å². The van der Waals surface area contributed by atoms with Gasteiger partial charge in [-0.2, -0.15) is 31.6 Å². The lowest BCUT2D eigenvalue weighted by atomic mass is 10.1. The average molecular weight is 1760 g/mol. The van der Waals surface area contributed by atoms with Crippen LogP contribution in [-0.4, -0.2) is 131 Å². The number of pyridine rings is 1. The number of carbonyl (C=O) groups is 1. The number of carbonyl (C=O) groups excluding carboxylic acids is 1. The summed E-state index contributed by atoms with van der Waals surface area (Å²) < 4.78 is 224. The highest BCUT2D eigenvalue weighted by molar-refractivity contribution is 7.90. The highest BCUT2D eigenvalue weighted by Gasteiger charge is 2.37. The molecule has 13 aromatic rings. The molecule has 1 saturated heterocycles. The number of sulfonamides is 4. The molecule has 122 heavy (non-hydrogen) atoms. The molecule has 0 radical (unpaired) electrons. The summed E-state index contributed by atoms with van der Waals surface area (Å²) in [6, 6.07) is 50.5. The van der Waals surface area contributed by atoms with Crippen LogP contribution < -0.4 is 20.6 Å². The molecule has 1 fully saturated rings. The number of ether oxygens (including phenoxy) is 1. The summed E-state index contributed by atoms with van der Waals surface area (Å²) in [5, 5.41) is 29.3. The van der Waals surface area contributed by atoms with Crippen molar-refractivity contribution in [1.82, 2.24) is 53.0 Å². The minimum Gasteiger partial charge on any atom is -0.373 e. The van der Waals surface area contributed by atoms with Crippen molar-refractivity contribution >= 4 is 57.0 Å². The first-order chi connectivity index (χ1) is 57.3. The molecule has 2 unspecified atom stereocenters. The number of nitrogens with zero attached hydrogens (tertiary/aromatic N) is 12. The quantitative estimate of drug-likeness (QED) is 0.0485. The van der Waals surface area contributed by atoms with Crippen molar-refractivity contribution in [2.24, 2.45) is 20.6 Å². The Labute approximate surface area is 696 Å². The van der Waals surface area contributed by atoms with E-state index in [0.29, 0.717) is 70.1 Å². The van der Waals surface area contributed by atoms with Crippen LogP contribution in [0.3, 0.4) is 0 Å². The van der Waals surface area contributed by atoms with E-state index in [1.165, 1.54) is 129 Å². The Bertz CT molecular complexity index is 6480. The lowest BCUT2D eigenvalue weighted by molar-refractivity contribution is -0.141. The third-order valence-electron chi connectivity index (χ3n) is 18.9. The number of amides is 1. The van der Waals surface area contributed by atoms with Crippen LogP contribution in [0.25, 0.3) is 56.6 Å². The number of rotatable bonds is 21. The van der Waals surface area contributed by atoms with Crippen LogP contribution in [0.2, 0.25) is 0 Å². The molecule has 14 rings (SSSR count). The molecule has 8 N–H and O–H groups in total. The number of hydrogen-bond acceptors (Lipinski definition) is 17. The van der Waals surface area contributed by atoms with Crippen LogP contribution >= 0.6 is 0 Å². The maximum absolute atomic E-state index is 14.3. The van der Waals surface area contributed by atoms with E-state index in [1.54, 1.807) is 74.6 Å². The van der Waals surface area contributed by atoms with E-state index in [2.05, 4.69) is 38.7 Å². The lowest BCUT2D eigenvalue weighted by Gasteiger charge is -2.34. The summed E-state index contributed by atoms with van der Waals surface area (Å²) in [4.78, 5) is 37.4. The van der Waals surface area contributed by atoms with Crippen molar-refractivity contribution in [3.8, 4) is 51.6 Å². The second-order valence-corrected chi connectivity index (χ2v) is 34.8. The summed E-state index contributed by atoms with van der Waals surface area (Å²) in [6.07, 6.45) is -3.52. The van der Waals surface area contributed by atoms with Gasteiger partial charge in [-0.15, -0.1) is 0 Å². The molecule has 2 atom stereocenters. The summed E-state index contributed by atoms with van der Waals surface area (Å²) >= 11 is 0. The van der Waals surface area contributed by atoms with Crippen molar-refractivity contribution < 1.29 is 82.7 Å². The Kier molecular flexibility index (Phi) is 27.9. The molecule has 1 amide bonds. The molecule has 0 saturated carbocycles.